The van der Waals surface area contributed by atoms with Crippen molar-refractivity contribution < 1.29 is 73.4 Å². The molecule has 4 amide bonds. The highest BCUT2D eigenvalue weighted by Crippen LogP contribution is 2.43. The summed E-state index contributed by atoms with van der Waals surface area (Å²) < 4.78 is 103. The Balaban J connectivity index is 1.22. The smallest absolute Gasteiger partial charge is 0.493 e. The molecule has 0 saturated heterocycles. The van der Waals surface area contributed by atoms with E-state index in [1.165, 1.54) is 36.2 Å². The van der Waals surface area contributed by atoms with Gasteiger partial charge in [0.15, 0.2) is 23.0 Å². The number of halogens is 3. The first-order valence-electron chi connectivity index (χ1n) is 21.4. The minimum absolute atomic E-state index is 0.0270. The van der Waals surface area contributed by atoms with Crippen LogP contribution in [-0.2, 0) is 33.4 Å². The number of ether oxygens (including phenoxy) is 6. The standard InChI is InChI=1S/C43H57F3N4O13SSi2/c1-27-17-33-41(53)49(25-59-13-15-65(4,5)6)31-21-37(35(57-2)19-29(31)39(51)47(33)23-27)61-11-10-12-62-38-22-32-30(20-36(38)58-3)40(52)48-24-28(63-64(55,56)43(44,45)46)18-34(48)42(54)50(32)26-60-14-16-66(7,8)9/h19-24,33-34H,10-18,25-26H2,1-9H3. The number of hydrogen-bond donors (Lipinski definition) is 0. The first-order chi connectivity index (χ1) is 30.8. The fourth-order valence-corrected chi connectivity index (χ4v) is 9.49. The summed E-state index contributed by atoms with van der Waals surface area (Å²) in [7, 11) is -6.33. The molecule has 0 fully saturated rings. The molecule has 4 aliphatic rings. The van der Waals surface area contributed by atoms with Gasteiger partial charge in [0.25, 0.3) is 23.6 Å². The van der Waals surface area contributed by atoms with Gasteiger partial charge >= 0.3 is 15.6 Å². The maximum absolute atomic E-state index is 14.2. The molecule has 0 saturated carbocycles. The minimum Gasteiger partial charge on any atom is -0.493 e. The van der Waals surface area contributed by atoms with Crippen molar-refractivity contribution in [2.45, 2.75) is 95.1 Å². The van der Waals surface area contributed by atoms with Crippen LogP contribution in [0.15, 0.2) is 48.0 Å². The highest BCUT2D eigenvalue weighted by atomic mass is 32.2. The maximum atomic E-state index is 14.2. The number of hydrogen-bond acceptors (Lipinski definition) is 13. The maximum Gasteiger partial charge on any atom is 0.534 e. The van der Waals surface area contributed by atoms with E-state index >= 15 is 0 Å². The van der Waals surface area contributed by atoms with Crippen LogP contribution in [0, 0.1) is 0 Å². The lowest BCUT2D eigenvalue weighted by molar-refractivity contribution is -0.123. The normalized spacial score (nSPS) is 18.8. The van der Waals surface area contributed by atoms with E-state index in [2.05, 4.69) is 43.5 Å². The minimum atomic E-state index is -6.08. The van der Waals surface area contributed by atoms with E-state index in [1.54, 1.807) is 18.3 Å². The SMILES string of the molecule is COc1cc2c(cc1OCCCOc1cc3c(cc1OC)C(=O)N1C=C(OS(=O)(=O)C(F)(F)F)CC1C(=O)N3COCC[Si](C)(C)C)N(COCC[Si](C)(C)C)C(=O)C1CC(C)=CN1C2=O. The number of alkyl halides is 3. The Morgan fingerprint density at radius 2 is 1.09 bits per heavy atom. The van der Waals surface area contributed by atoms with Gasteiger partial charge in [-0.25, -0.2) is 0 Å². The number of amides is 4. The van der Waals surface area contributed by atoms with E-state index in [9.17, 15) is 40.8 Å². The molecule has 0 aliphatic carbocycles. The number of fused-ring (bicyclic) bond motifs is 4. The largest absolute Gasteiger partial charge is 0.534 e. The average molecular weight is 983 g/mol. The Morgan fingerprint density at radius 3 is 1.52 bits per heavy atom. The van der Waals surface area contributed by atoms with E-state index in [0.717, 1.165) is 33.7 Å². The Morgan fingerprint density at radius 1 is 0.652 bits per heavy atom. The number of nitrogens with zero attached hydrogens (tertiary/aromatic N) is 4. The number of anilines is 2. The lowest BCUT2D eigenvalue weighted by Crippen LogP contribution is -2.45. The third-order valence-electron chi connectivity index (χ3n) is 11.1. The fourth-order valence-electron chi connectivity index (χ4n) is 7.49. The summed E-state index contributed by atoms with van der Waals surface area (Å²) in [5.41, 5.74) is -4.30. The summed E-state index contributed by atoms with van der Waals surface area (Å²) in [5, 5.41) is 0. The third kappa shape index (κ3) is 11.2. The van der Waals surface area contributed by atoms with Gasteiger partial charge in [0.2, 0.25) is 0 Å². The molecule has 0 N–H and O–H groups in total. The summed E-state index contributed by atoms with van der Waals surface area (Å²) in [6, 6.07) is 5.34. The van der Waals surface area contributed by atoms with Gasteiger partial charge in [0, 0.05) is 66.7 Å². The summed E-state index contributed by atoms with van der Waals surface area (Å²) >= 11 is 0. The van der Waals surface area contributed by atoms with Crippen molar-refractivity contribution >= 4 is 61.3 Å². The van der Waals surface area contributed by atoms with Crippen molar-refractivity contribution in [2.24, 2.45) is 0 Å². The van der Waals surface area contributed by atoms with E-state index < -0.39 is 67.9 Å². The molecule has 2 unspecified atom stereocenters. The second-order valence-corrected chi connectivity index (χ2v) is 31.5. The van der Waals surface area contributed by atoms with Crippen LogP contribution in [0.2, 0.25) is 51.4 Å². The summed E-state index contributed by atoms with van der Waals surface area (Å²) in [6.45, 7) is 15.4. The molecule has 4 heterocycles. The zero-order valence-corrected chi connectivity index (χ0v) is 41.4. The number of rotatable bonds is 20. The second-order valence-electron chi connectivity index (χ2n) is 18.7. The molecule has 0 spiro atoms. The predicted molar refractivity (Wildman–Crippen MR) is 242 cm³/mol. The first-order valence-corrected chi connectivity index (χ1v) is 30.2. The molecule has 66 heavy (non-hydrogen) atoms. The highest BCUT2D eigenvalue weighted by Gasteiger charge is 2.51. The van der Waals surface area contributed by atoms with Gasteiger partial charge in [-0.15, -0.1) is 0 Å². The summed E-state index contributed by atoms with van der Waals surface area (Å²) in [4.78, 5) is 61.1. The third-order valence-corrected chi connectivity index (χ3v) is 15.5. The fraction of sp³-hybridized carbons (Fsp3) is 0.535. The molecule has 362 valence electrons. The molecule has 6 rings (SSSR count). The van der Waals surface area contributed by atoms with Crippen LogP contribution < -0.4 is 28.7 Å². The molecule has 2 aromatic carbocycles. The Kier molecular flexibility index (Phi) is 15.0. The number of carbonyl (C=O) groups excluding carboxylic acids is 4. The summed E-state index contributed by atoms with van der Waals surface area (Å²) in [6.07, 6.45) is 2.49. The van der Waals surface area contributed by atoms with Gasteiger partial charge in [0.1, 0.15) is 31.3 Å². The highest BCUT2D eigenvalue weighted by molar-refractivity contribution is 7.87. The lowest BCUT2D eigenvalue weighted by atomic mass is 10.1. The van der Waals surface area contributed by atoms with Gasteiger partial charge in [-0.05, 0) is 37.6 Å². The van der Waals surface area contributed by atoms with Crippen LogP contribution in [0.4, 0.5) is 24.5 Å². The molecule has 0 aromatic heterocycles. The second kappa shape index (κ2) is 19.6. The first kappa shape index (κ1) is 50.3. The zero-order valence-electron chi connectivity index (χ0n) is 38.5. The quantitative estimate of drug-likeness (QED) is 0.0579. The zero-order chi connectivity index (χ0) is 48.5. The van der Waals surface area contributed by atoms with E-state index in [-0.39, 0.29) is 91.3 Å². The molecular formula is C43H57F3N4O13SSi2. The van der Waals surface area contributed by atoms with Crippen molar-refractivity contribution in [3.8, 4) is 23.0 Å². The molecule has 17 nitrogen and oxygen atoms in total. The van der Waals surface area contributed by atoms with E-state index in [4.69, 9.17) is 28.4 Å². The Labute approximate surface area is 384 Å². The molecule has 2 aromatic rings. The van der Waals surface area contributed by atoms with E-state index in [1.807, 2.05) is 6.92 Å². The molecule has 0 radical (unpaired) electrons. The molecule has 0 bridgehead atoms. The Hall–Kier alpha value is -5.11. The molecule has 2 atom stereocenters. The van der Waals surface area contributed by atoms with Gasteiger partial charge in [-0.3, -0.25) is 33.9 Å². The van der Waals surface area contributed by atoms with Gasteiger partial charge in [-0.2, -0.15) is 21.6 Å². The number of carbonyl (C=O) groups is 4. The molecule has 23 heteroatoms. The van der Waals surface area contributed by atoms with Crippen molar-refractivity contribution in [2.75, 3.05) is 63.9 Å². The van der Waals surface area contributed by atoms with Crippen LogP contribution in [0.3, 0.4) is 0 Å². The number of benzene rings is 2. The van der Waals surface area contributed by atoms with Gasteiger partial charge in [0.05, 0.1) is 49.9 Å². The van der Waals surface area contributed by atoms with Crippen molar-refractivity contribution in [1.29, 1.82) is 0 Å². The van der Waals surface area contributed by atoms with Gasteiger partial charge < -0.3 is 37.5 Å². The van der Waals surface area contributed by atoms with E-state index in [0.29, 0.717) is 18.7 Å². The van der Waals surface area contributed by atoms with Crippen molar-refractivity contribution in [3.63, 3.8) is 0 Å². The van der Waals surface area contributed by atoms with Crippen LogP contribution in [-0.4, -0.2) is 130 Å². The average Bonchev–Trinajstić information content (AvgIpc) is 3.80. The van der Waals surface area contributed by atoms with Crippen LogP contribution in [0.25, 0.3) is 0 Å². The monoisotopic (exact) mass is 982 g/mol. The van der Waals surface area contributed by atoms with Crippen molar-refractivity contribution in [1.82, 2.24) is 9.80 Å². The lowest BCUT2D eigenvalue weighted by Gasteiger charge is -2.27. The van der Waals surface area contributed by atoms with Crippen LogP contribution in [0.1, 0.15) is 46.9 Å². The summed E-state index contributed by atoms with van der Waals surface area (Å²) in [5.74, 6) is -2.24. The van der Waals surface area contributed by atoms with Crippen LogP contribution >= 0.6 is 0 Å². The molecule has 4 aliphatic heterocycles. The van der Waals surface area contributed by atoms with Gasteiger partial charge in [-0.1, -0.05) is 44.9 Å². The molecular weight excluding hydrogens is 926 g/mol. The number of methoxy groups -OCH3 is 2. The van der Waals surface area contributed by atoms with Crippen LogP contribution in [0.5, 0.6) is 23.0 Å². The Bertz CT molecular complexity index is 2400. The predicted octanol–water partition coefficient (Wildman–Crippen LogP) is 6.91. The van der Waals surface area contributed by atoms with Crippen molar-refractivity contribution in [3.05, 3.63) is 59.1 Å². The topological polar surface area (TPSA) is 180 Å².